The fraction of sp³-hybridized carbons (Fsp3) is 1.00. The lowest BCUT2D eigenvalue weighted by atomic mass is 9.78. The normalized spacial score (nSPS) is 46.2. The van der Waals surface area contributed by atoms with E-state index < -0.39 is 0 Å². The Labute approximate surface area is 479 Å². The third kappa shape index (κ3) is 22.2. The van der Waals surface area contributed by atoms with Crippen molar-refractivity contribution in [1.82, 2.24) is 0 Å². The van der Waals surface area contributed by atoms with Gasteiger partial charge in [0.1, 0.15) is 0 Å². The summed E-state index contributed by atoms with van der Waals surface area (Å²) in [5.41, 5.74) is 0. The van der Waals surface area contributed by atoms with Gasteiger partial charge >= 0.3 is 0 Å². The molecule has 24 unspecified atom stereocenters. The van der Waals surface area contributed by atoms with E-state index in [1.54, 1.807) is 51.4 Å². The van der Waals surface area contributed by atoms with Crippen LogP contribution in [0.3, 0.4) is 0 Å². The molecule has 18 rings (SSSR count). The maximum absolute atomic E-state index is 5.63. The van der Waals surface area contributed by atoms with Crippen molar-refractivity contribution in [3.05, 3.63) is 0 Å². The molecule has 10 heteroatoms. The highest BCUT2D eigenvalue weighted by Crippen LogP contribution is 2.54. The van der Waals surface area contributed by atoms with Crippen LogP contribution in [0.4, 0.5) is 0 Å². The lowest BCUT2D eigenvalue weighted by molar-refractivity contribution is 0.247. The van der Waals surface area contributed by atoms with E-state index in [1.807, 2.05) is 0 Å². The van der Waals surface area contributed by atoms with Crippen LogP contribution in [0.1, 0.15) is 250 Å². The van der Waals surface area contributed by atoms with Gasteiger partial charge in [0.2, 0.25) is 0 Å². The van der Waals surface area contributed by atoms with Crippen LogP contribution in [-0.2, 0) is 47.4 Å². The number of fused-ring (bicyclic) bond motifs is 6. The minimum atomic E-state index is 0. The van der Waals surface area contributed by atoms with Crippen LogP contribution in [0, 0.1) is 59.2 Å². The largest absolute Gasteiger partial charge is 0.373 e. The lowest BCUT2D eigenvalue weighted by Gasteiger charge is -2.27. The van der Waals surface area contributed by atoms with E-state index >= 15 is 0 Å². The summed E-state index contributed by atoms with van der Waals surface area (Å²) in [5, 5.41) is 0. The molecule has 18 aliphatic rings. The third-order valence-electron chi connectivity index (χ3n) is 21.4. The second-order valence-electron chi connectivity index (χ2n) is 27.7. The maximum atomic E-state index is 5.63. The highest BCUT2D eigenvalue weighted by Gasteiger charge is 2.48. The predicted molar refractivity (Wildman–Crippen MR) is 316 cm³/mol. The Balaban J connectivity index is 0.000000136. The van der Waals surface area contributed by atoms with E-state index in [1.165, 1.54) is 165 Å². The first-order valence-electron chi connectivity index (χ1n) is 31.8. The van der Waals surface area contributed by atoms with Gasteiger partial charge in [-0.15, -0.1) is 0 Å². The Bertz CT molecular complexity index is 1600. The average Bonchev–Trinajstić information content (AvgIpc) is 4.18. The molecule has 0 amide bonds. The van der Waals surface area contributed by atoms with Gasteiger partial charge in [-0.05, 0) is 213 Å². The minimum Gasteiger partial charge on any atom is -0.373 e. The van der Waals surface area contributed by atoms with Crippen molar-refractivity contribution in [3.8, 4) is 0 Å². The van der Waals surface area contributed by atoms with Gasteiger partial charge in [0.25, 0.3) is 0 Å². The van der Waals surface area contributed by atoms with E-state index in [2.05, 4.69) is 0 Å². The van der Waals surface area contributed by atoms with Gasteiger partial charge < -0.3 is 47.4 Å². The summed E-state index contributed by atoms with van der Waals surface area (Å²) < 4.78 is 52.8. The molecule has 0 spiro atoms. The molecule has 78 heavy (non-hydrogen) atoms. The van der Waals surface area contributed by atoms with Crippen molar-refractivity contribution in [2.24, 2.45) is 59.2 Å². The average molecular weight is 1100 g/mol. The van der Waals surface area contributed by atoms with Crippen LogP contribution in [0.2, 0.25) is 0 Å². The maximum Gasteiger partial charge on any atom is 0.0844 e. The third-order valence-corrected chi connectivity index (χ3v) is 21.4. The summed E-state index contributed by atoms with van der Waals surface area (Å²) in [6.07, 6.45) is 54.5. The minimum absolute atomic E-state index is 0. The molecule has 10 nitrogen and oxygen atoms in total. The topological polar surface area (TPSA) is 125 Å². The van der Waals surface area contributed by atoms with Crippen LogP contribution >= 0.6 is 0 Å². The predicted octanol–water partition coefficient (Wildman–Crippen LogP) is 16.0. The first-order chi connectivity index (χ1) is 35.5. The Morgan fingerprint density at radius 2 is 0.500 bits per heavy atom. The molecule has 0 aromatic heterocycles. The Morgan fingerprint density at radius 3 is 0.885 bits per heavy atom. The van der Waals surface area contributed by atoms with E-state index in [0.29, 0.717) is 85.5 Å². The zero-order valence-electron chi connectivity index (χ0n) is 44.8. The molecule has 0 bridgehead atoms. The number of ether oxygens (including phenoxy) is 10. The SMILES string of the molecule is C.C.C.C.C.C.C(CC1CCC2CC2C1)CC1CCC2OC2C1.C(CC1CCC2OC2C1)CC1CO1.C(CC1CO1)CC1CO1.C1CC2CC2CC1CC1CCC2OC2C1.C1CC2OC2CC1CC1CO1.C1OC1CC1CO1. The van der Waals surface area contributed by atoms with Gasteiger partial charge in [0.15, 0.2) is 0 Å². The monoisotopic (exact) mass is 1100 g/mol. The van der Waals surface area contributed by atoms with Crippen molar-refractivity contribution in [2.75, 3.05) is 39.6 Å². The van der Waals surface area contributed by atoms with E-state index in [4.69, 9.17) is 47.4 Å². The molecule has 10 heterocycles. The smallest absolute Gasteiger partial charge is 0.0844 e. The summed E-state index contributed by atoms with van der Waals surface area (Å²) in [6.45, 7) is 6.00. The highest BCUT2D eigenvalue weighted by atomic mass is 16.6. The molecule has 10 saturated heterocycles. The fourth-order valence-electron chi connectivity index (χ4n) is 15.6. The zero-order chi connectivity index (χ0) is 47.8. The number of hydrogen-bond donors (Lipinski definition) is 0. The Morgan fingerprint density at radius 1 is 0.218 bits per heavy atom. The van der Waals surface area contributed by atoms with Gasteiger partial charge in [-0.25, -0.2) is 0 Å². The van der Waals surface area contributed by atoms with Gasteiger partial charge in [-0.3, -0.25) is 0 Å². The summed E-state index contributed by atoms with van der Waals surface area (Å²) >= 11 is 0. The molecule has 10 aliphatic heterocycles. The van der Waals surface area contributed by atoms with Crippen LogP contribution in [0.25, 0.3) is 0 Å². The second kappa shape index (κ2) is 30.6. The highest BCUT2D eigenvalue weighted by molar-refractivity contribution is 4.98. The molecule has 8 saturated carbocycles. The second-order valence-corrected chi connectivity index (χ2v) is 27.7. The van der Waals surface area contributed by atoms with Crippen molar-refractivity contribution in [2.45, 2.75) is 335 Å². The molecular weight excluding hydrogens is 977 g/mol. The van der Waals surface area contributed by atoms with Crippen molar-refractivity contribution < 1.29 is 47.4 Å². The molecule has 0 aromatic rings. The molecule has 8 aliphatic carbocycles. The first kappa shape index (κ1) is 65.1. The van der Waals surface area contributed by atoms with Crippen LogP contribution in [0.15, 0.2) is 0 Å². The van der Waals surface area contributed by atoms with Crippen LogP contribution in [0.5, 0.6) is 0 Å². The molecule has 18 fully saturated rings. The number of rotatable bonds is 18. The lowest BCUT2D eigenvalue weighted by Crippen LogP contribution is -2.19. The molecule has 24 atom stereocenters. The molecule has 456 valence electrons. The molecule has 0 N–H and O–H groups in total. The summed E-state index contributed by atoms with van der Waals surface area (Å²) in [4.78, 5) is 0. The summed E-state index contributed by atoms with van der Waals surface area (Å²) in [6, 6.07) is 0. The standard InChI is InChI=1S/C16H26O.C14H22O.C11H18O2.C9H14O2.C7H12O2.C5H8O2.6CH4/c1(2-11-4-6-13-10-14(13)8-11)3-12-5-7-15-16(9-12)17-15;1-3-11-8-12(11)6-9(1)5-10-2-4-13-14(7-10)15-13;1(3-9-7-12-9)2-8-4-5-10-11(6-8)13-10;1-2-8-9(11-8)4-6(1)3-7-5-10-7;1(2-6-4-8-6)3-7-5-9-7;1(4-2-6-4)5-3-7-5;;;;;;/h11-16H,1-10H2;9-14H,1-8H2;8-11H,1-7H2;6-9H,1-5H2;6-7H,1-5H2;4-5H,1-3H2;6*1H4. The fourth-order valence-corrected chi connectivity index (χ4v) is 15.6. The number of epoxide rings is 10. The van der Waals surface area contributed by atoms with Crippen molar-refractivity contribution >= 4 is 0 Å². The van der Waals surface area contributed by atoms with Crippen molar-refractivity contribution in [3.63, 3.8) is 0 Å². The molecule has 0 aromatic carbocycles. The van der Waals surface area contributed by atoms with Crippen molar-refractivity contribution in [1.29, 1.82) is 0 Å². The first-order valence-corrected chi connectivity index (χ1v) is 31.8. The van der Waals surface area contributed by atoms with Crippen LogP contribution < -0.4 is 0 Å². The van der Waals surface area contributed by atoms with E-state index in [9.17, 15) is 0 Å². The molecule has 0 radical (unpaired) electrons. The van der Waals surface area contributed by atoms with E-state index in [-0.39, 0.29) is 44.6 Å². The Kier molecular flexibility index (Phi) is 25.6. The number of hydrogen-bond acceptors (Lipinski definition) is 10. The summed E-state index contributed by atoms with van der Waals surface area (Å²) in [7, 11) is 0. The van der Waals surface area contributed by atoms with Gasteiger partial charge in [0.05, 0.1) is 125 Å². The Hall–Kier alpha value is -0.400. The van der Waals surface area contributed by atoms with E-state index in [0.717, 1.165) is 87.5 Å². The zero-order valence-corrected chi connectivity index (χ0v) is 44.8. The van der Waals surface area contributed by atoms with Crippen LogP contribution in [-0.4, -0.2) is 125 Å². The quantitative estimate of drug-likeness (QED) is 0.123. The molecular formula is C68H124O10. The van der Waals surface area contributed by atoms with Gasteiger partial charge in [0, 0.05) is 6.42 Å². The summed E-state index contributed by atoms with van der Waals surface area (Å²) in [5.74, 6) is 10.8. The van der Waals surface area contributed by atoms with Gasteiger partial charge in [-0.1, -0.05) is 89.5 Å². The van der Waals surface area contributed by atoms with Gasteiger partial charge in [-0.2, -0.15) is 0 Å².